The maximum Gasteiger partial charge on any atom is 0.0979 e. The molecule has 0 saturated heterocycles. The number of benzene rings is 18. The van der Waals surface area contributed by atoms with Crippen molar-refractivity contribution in [2.75, 3.05) is 0 Å². The highest BCUT2D eigenvalue weighted by Crippen LogP contribution is 2.48. The number of nitrogens with zero attached hydrogens (tertiary/aromatic N) is 6. The van der Waals surface area contributed by atoms with Gasteiger partial charge in [-0.15, -0.1) is 34.0 Å². The highest BCUT2D eigenvalue weighted by Gasteiger charge is 2.22. The number of fused-ring (bicyclic) bond motifs is 27. The van der Waals surface area contributed by atoms with Crippen LogP contribution < -0.4 is 0 Å². The van der Waals surface area contributed by atoms with Gasteiger partial charge < -0.3 is 0 Å². The molecule has 0 saturated carbocycles. The summed E-state index contributed by atoms with van der Waals surface area (Å²) in [6.45, 7) is 0. The van der Waals surface area contributed by atoms with Crippen molar-refractivity contribution >= 4 is 192 Å². The van der Waals surface area contributed by atoms with Gasteiger partial charge in [-0.3, -0.25) is 15.0 Å². The molecule has 0 amide bonds. The average molecular weight is 1470 g/mol. The molecule has 0 radical (unpaired) electrons. The second-order valence-electron chi connectivity index (χ2n) is 28.2. The first-order valence-corrected chi connectivity index (χ1v) is 39.7. The van der Waals surface area contributed by atoms with Crippen molar-refractivity contribution in [2.45, 2.75) is 0 Å². The molecule has 6 aromatic heterocycles. The van der Waals surface area contributed by atoms with Crippen LogP contribution in [0, 0.1) is 0 Å². The molecule has 6 nitrogen and oxygen atoms in total. The van der Waals surface area contributed by atoms with E-state index in [4.69, 9.17) is 29.9 Å². The molecule has 0 unspecified atom stereocenters. The Morgan fingerprint density at radius 1 is 0.162 bits per heavy atom. The summed E-state index contributed by atoms with van der Waals surface area (Å²) in [5.41, 5.74) is 19.2. The lowest BCUT2D eigenvalue weighted by Gasteiger charge is -2.12. The Hall–Kier alpha value is -13.8. The van der Waals surface area contributed by atoms with Crippen LogP contribution in [0.5, 0.6) is 0 Å². The summed E-state index contributed by atoms with van der Waals surface area (Å²) in [6.07, 6.45) is 5.84. The zero-order valence-corrected chi connectivity index (χ0v) is 62.0. The summed E-state index contributed by atoms with van der Waals surface area (Å²) in [7, 11) is 0. The molecule has 0 fully saturated rings. The zero-order chi connectivity index (χ0) is 73.0. The van der Waals surface area contributed by atoms with E-state index in [0.717, 1.165) is 99.2 Å². The molecule has 0 bridgehead atoms. The zero-order valence-electron chi connectivity index (χ0n) is 59.5. The lowest BCUT2D eigenvalue weighted by atomic mass is 9.96. The lowest BCUT2D eigenvalue weighted by Crippen LogP contribution is -1.93. The van der Waals surface area contributed by atoms with Crippen LogP contribution >= 0.6 is 34.0 Å². The predicted octanol–water partition coefficient (Wildman–Crippen LogP) is 28.9. The molecule has 0 atom stereocenters. The van der Waals surface area contributed by atoms with E-state index in [9.17, 15) is 0 Å². The van der Waals surface area contributed by atoms with E-state index in [1.165, 1.54) is 126 Å². The molecule has 111 heavy (non-hydrogen) atoms. The van der Waals surface area contributed by atoms with Crippen LogP contribution in [0.25, 0.3) is 225 Å². The second kappa shape index (κ2) is 26.6. The predicted molar refractivity (Wildman–Crippen MR) is 475 cm³/mol. The van der Waals surface area contributed by atoms with Crippen LogP contribution in [0.15, 0.2) is 364 Å². The molecule has 9 heteroatoms. The Morgan fingerprint density at radius 2 is 0.468 bits per heavy atom. The molecule has 24 aromatic rings. The SMILES string of the molecule is c1ccc(-c2ccc3sc4c(-c5cnc6c7ccccc7c7ccccc7c6n5)cc(-c5ccccc5)cc4c3c2)cc1.c1ccc(-c2cccc3c2sc2c(-c4cnc5c6ccccc6c6ccccc6c5n4)cccc23)cc1.c1ccc2c(c1)sc1c(-c3cnc4c5ccccc5c5ccccc5c4n3)cccc12. The topological polar surface area (TPSA) is 77.3 Å². The van der Waals surface area contributed by atoms with Gasteiger partial charge in [0.05, 0.1) is 68.8 Å². The third-order valence-electron chi connectivity index (χ3n) is 21.9. The van der Waals surface area contributed by atoms with E-state index in [-0.39, 0.29) is 0 Å². The minimum atomic E-state index is 0.894. The van der Waals surface area contributed by atoms with Crippen molar-refractivity contribution in [3.63, 3.8) is 0 Å². The van der Waals surface area contributed by atoms with Crippen molar-refractivity contribution in [1.82, 2.24) is 29.9 Å². The normalized spacial score (nSPS) is 11.8. The van der Waals surface area contributed by atoms with Crippen LogP contribution in [0.2, 0.25) is 0 Å². The Bertz CT molecular complexity index is 7800. The molecule has 0 aliphatic carbocycles. The standard InChI is InChI=1S/C40H24N2S.C34H20N2S.C28H16N2S/c1-3-11-25(12-4-1)27-19-20-37-33(21-27)34-22-28(26-13-5-2-6-14-26)23-35(40(34)43-37)36-24-41-38-31-17-9-7-15-29(31)30-16-8-10-18-32(30)39(38)42-36;1-2-10-21(11-3-1)22-16-8-17-27-28-18-9-19-29(34(28)37-33(22)27)30-20-35-31-25-14-6-4-12-23(25)24-13-5-7-15-26(24)32(31)36-30;1-3-11-20-17(8-1)18-9-2-4-12-21(18)27-26(20)29-16-24(30-27)23-14-7-13-22-19-10-5-6-15-25(19)31-28(22)23/h1-24H;1-20H;1-16H. The summed E-state index contributed by atoms with van der Waals surface area (Å²) in [5.74, 6) is 0. The third kappa shape index (κ3) is 10.8. The number of rotatable bonds is 6. The highest BCUT2D eigenvalue weighted by atomic mass is 32.1. The molecular weight excluding hydrogens is 1410 g/mol. The summed E-state index contributed by atoms with van der Waals surface area (Å²) >= 11 is 5.51. The summed E-state index contributed by atoms with van der Waals surface area (Å²) in [4.78, 5) is 30.9. The van der Waals surface area contributed by atoms with Crippen molar-refractivity contribution < 1.29 is 0 Å². The van der Waals surface area contributed by atoms with Crippen molar-refractivity contribution in [3.05, 3.63) is 364 Å². The summed E-state index contributed by atoms with van der Waals surface area (Å²) in [6, 6.07) is 123. The third-order valence-corrected chi connectivity index (χ3v) is 25.6. The molecule has 18 aromatic carbocycles. The van der Waals surface area contributed by atoms with Crippen LogP contribution in [0.4, 0.5) is 0 Å². The van der Waals surface area contributed by atoms with Gasteiger partial charge in [0.25, 0.3) is 0 Å². The average Bonchev–Trinajstić information content (AvgIpc) is 1.68. The van der Waals surface area contributed by atoms with E-state index in [2.05, 4.69) is 346 Å². The van der Waals surface area contributed by atoms with Crippen molar-refractivity contribution in [3.8, 4) is 67.2 Å². The highest BCUT2D eigenvalue weighted by molar-refractivity contribution is 7.27. The molecule has 6 heterocycles. The van der Waals surface area contributed by atoms with Crippen LogP contribution in [0.1, 0.15) is 0 Å². The van der Waals surface area contributed by atoms with E-state index in [0.29, 0.717) is 0 Å². The lowest BCUT2D eigenvalue weighted by molar-refractivity contribution is 1.31. The van der Waals surface area contributed by atoms with Gasteiger partial charge >= 0.3 is 0 Å². The van der Waals surface area contributed by atoms with Crippen LogP contribution in [-0.4, -0.2) is 29.9 Å². The fourth-order valence-corrected chi connectivity index (χ4v) is 20.5. The van der Waals surface area contributed by atoms with Crippen LogP contribution in [-0.2, 0) is 0 Å². The van der Waals surface area contributed by atoms with Gasteiger partial charge in [-0.25, -0.2) is 15.0 Å². The van der Waals surface area contributed by atoms with Gasteiger partial charge in [0, 0.05) is 110 Å². The molecule has 516 valence electrons. The number of thiophene rings is 3. The molecule has 0 aliphatic rings. The van der Waals surface area contributed by atoms with Crippen LogP contribution in [0.3, 0.4) is 0 Å². The van der Waals surface area contributed by atoms with Gasteiger partial charge in [0.2, 0.25) is 0 Å². The molecule has 0 spiro atoms. The van der Waals surface area contributed by atoms with E-state index in [1.54, 1.807) is 0 Å². The number of hydrogen-bond acceptors (Lipinski definition) is 9. The van der Waals surface area contributed by atoms with Gasteiger partial charge in [-0.1, -0.05) is 315 Å². The monoisotopic (exact) mass is 1460 g/mol. The molecule has 24 rings (SSSR count). The van der Waals surface area contributed by atoms with E-state index < -0.39 is 0 Å². The fourth-order valence-electron chi connectivity index (χ4n) is 16.7. The Labute approximate surface area is 648 Å². The van der Waals surface area contributed by atoms with Gasteiger partial charge in [0.15, 0.2) is 0 Å². The smallest absolute Gasteiger partial charge is 0.0979 e. The number of aromatic nitrogens is 6. The summed E-state index contributed by atoms with van der Waals surface area (Å²) < 4.78 is 7.63. The van der Waals surface area contributed by atoms with Crippen molar-refractivity contribution in [1.29, 1.82) is 0 Å². The second-order valence-corrected chi connectivity index (χ2v) is 31.3. The first kappa shape index (κ1) is 64.4. The Morgan fingerprint density at radius 3 is 0.919 bits per heavy atom. The van der Waals surface area contributed by atoms with Gasteiger partial charge in [-0.2, -0.15) is 0 Å². The van der Waals surface area contributed by atoms with E-state index in [1.807, 2.05) is 52.6 Å². The minimum Gasteiger partial charge on any atom is -0.252 e. The van der Waals surface area contributed by atoms with Gasteiger partial charge in [-0.05, 0) is 96.0 Å². The Kier molecular flexibility index (Phi) is 15.4. The van der Waals surface area contributed by atoms with Gasteiger partial charge in [0.1, 0.15) is 0 Å². The molecule has 0 aliphatic heterocycles. The first-order valence-electron chi connectivity index (χ1n) is 37.3. The Balaban J connectivity index is 0.000000104. The fraction of sp³-hybridized carbons (Fsp3) is 0. The van der Waals surface area contributed by atoms with E-state index >= 15 is 0 Å². The van der Waals surface area contributed by atoms with Crippen molar-refractivity contribution in [2.24, 2.45) is 0 Å². The molecular formula is C102H60N6S3. The minimum absolute atomic E-state index is 0.894. The first-order chi connectivity index (χ1) is 55.1. The number of hydrogen-bond donors (Lipinski definition) is 0. The summed E-state index contributed by atoms with van der Waals surface area (Å²) in [5, 5.41) is 21.8. The quantitative estimate of drug-likeness (QED) is 0.154. The maximum absolute atomic E-state index is 5.39. The maximum atomic E-state index is 5.39. The largest absolute Gasteiger partial charge is 0.252 e. The molecule has 0 N–H and O–H groups in total.